The van der Waals surface area contributed by atoms with E-state index in [0.29, 0.717) is 24.7 Å². The van der Waals surface area contributed by atoms with Gasteiger partial charge in [0.05, 0.1) is 12.2 Å². The number of aliphatic carboxylic acids is 1. The second kappa shape index (κ2) is 8.95. The van der Waals surface area contributed by atoms with Crippen molar-refractivity contribution in [3.63, 3.8) is 0 Å². The number of alkyl halides is 3. The van der Waals surface area contributed by atoms with Crippen molar-refractivity contribution in [3.05, 3.63) is 28.8 Å². The molecule has 0 amide bonds. The topological polar surface area (TPSA) is 60.8 Å². The summed E-state index contributed by atoms with van der Waals surface area (Å²) in [6, 6.07) is 2.57. The normalized spacial score (nSPS) is 20.5. The van der Waals surface area contributed by atoms with Crippen LogP contribution in [0.5, 0.6) is 0 Å². The van der Waals surface area contributed by atoms with Crippen LogP contribution in [0.25, 0.3) is 0 Å². The van der Waals surface area contributed by atoms with Gasteiger partial charge in [0, 0.05) is 30.8 Å². The van der Waals surface area contributed by atoms with Crippen molar-refractivity contribution in [2.24, 2.45) is 11.8 Å². The second-order valence-electron chi connectivity index (χ2n) is 7.47. The SMILES string of the molecule is CCN(CC1CCC(CC(=O)O)CC1)c1cc(C)c(C(F)(F)F)cc1CO. The smallest absolute Gasteiger partial charge is 0.416 e. The Bertz CT molecular complexity index is 653. The zero-order valence-corrected chi connectivity index (χ0v) is 15.9. The molecule has 1 fully saturated rings. The van der Waals surface area contributed by atoms with Crippen molar-refractivity contribution in [1.29, 1.82) is 0 Å². The molecule has 0 saturated heterocycles. The summed E-state index contributed by atoms with van der Waals surface area (Å²) < 4.78 is 39.4. The van der Waals surface area contributed by atoms with Crippen LogP contribution < -0.4 is 4.90 Å². The van der Waals surface area contributed by atoms with E-state index in [9.17, 15) is 23.1 Å². The third-order valence-electron chi connectivity index (χ3n) is 5.53. The van der Waals surface area contributed by atoms with Crippen molar-refractivity contribution < 1.29 is 28.2 Å². The minimum Gasteiger partial charge on any atom is -0.481 e. The molecule has 0 aliphatic heterocycles. The highest BCUT2D eigenvalue weighted by Crippen LogP contribution is 2.37. The summed E-state index contributed by atoms with van der Waals surface area (Å²) in [5.41, 5.74) is 0.381. The first-order valence-electron chi connectivity index (χ1n) is 9.44. The molecule has 1 aromatic carbocycles. The zero-order chi connectivity index (χ0) is 20.2. The van der Waals surface area contributed by atoms with Gasteiger partial charge < -0.3 is 15.1 Å². The first kappa shape index (κ1) is 21.5. The fraction of sp³-hybridized carbons (Fsp3) is 0.650. The fourth-order valence-electron chi connectivity index (χ4n) is 4.04. The van der Waals surface area contributed by atoms with E-state index in [0.717, 1.165) is 31.7 Å². The lowest BCUT2D eigenvalue weighted by molar-refractivity contribution is -0.139. The van der Waals surface area contributed by atoms with Gasteiger partial charge in [-0.2, -0.15) is 13.2 Å². The van der Waals surface area contributed by atoms with E-state index < -0.39 is 24.3 Å². The van der Waals surface area contributed by atoms with Crippen LogP contribution in [-0.2, 0) is 17.6 Å². The lowest BCUT2D eigenvalue weighted by atomic mass is 9.80. The van der Waals surface area contributed by atoms with Gasteiger partial charge in [-0.1, -0.05) is 0 Å². The van der Waals surface area contributed by atoms with Crippen molar-refractivity contribution in [1.82, 2.24) is 0 Å². The number of hydrogen-bond donors (Lipinski definition) is 2. The minimum atomic E-state index is -4.44. The summed E-state index contributed by atoms with van der Waals surface area (Å²) >= 11 is 0. The van der Waals surface area contributed by atoms with Crippen molar-refractivity contribution in [2.75, 3.05) is 18.0 Å². The van der Waals surface area contributed by atoms with Gasteiger partial charge in [0.2, 0.25) is 0 Å². The lowest BCUT2D eigenvalue weighted by Crippen LogP contribution is -2.32. The number of rotatable bonds is 7. The number of carboxylic acid groups (broad SMARTS) is 1. The summed E-state index contributed by atoms with van der Waals surface area (Å²) in [7, 11) is 0. The molecule has 7 heteroatoms. The molecule has 1 aliphatic carbocycles. The number of hydrogen-bond acceptors (Lipinski definition) is 3. The first-order chi connectivity index (χ1) is 12.7. The number of nitrogens with zero attached hydrogens (tertiary/aromatic N) is 1. The second-order valence-corrected chi connectivity index (χ2v) is 7.47. The third-order valence-corrected chi connectivity index (χ3v) is 5.53. The number of carboxylic acids is 1. The van der Waals surface area contributed by atoms with E-state index in [2.05, 4.69) is 0 Å². The lowest BCUT2D eigenvalue weighted by Gasteiger charge is -2.34. The Kier molecular flexibility index (Phi) is 7.14. The van der Waals surface area contributed by atoms with E-state index in [-0.39, 0.29) is 23.5 Å². The van der Waals surface area contributed by atoms with Crippen LogP contribution in [0.4, 0.5) is 18.9 Å². The highest BCUT2D eigenvalue weighted by atomic mass is 19.4. The molecule has 2 rings (SSSR count). The van der Waals surface area contributed by atoms with Crippen LogP contribution in [0.1, 0.15) is 55.7 Å². The molecule has 1 aliphatic rings. The van der Waals surface area contributed by atoms with E-state index in [1.807, 2.05) is 11.8 Å². The fourth-order valence-corrected chi connectivity index (χ4v) is 4.04. The number of aliphatic hydroxyl groups excluding tert-OH is 1. The minimum absolute atomic E-state index is 0.151. The molecule has 0 heterocycles. The Labute approximate surface area is 158 Å². The van der Waals surface area contributed by atoms with E-state index in [1.54, 1.807) is 0 Å². The maximum absolute atomic E-state index is 13.1. The van der Waals surface area contributed by atoms with Gasteiger partial charge in [0.25, 0.3) is 0 Å². The summed E-state index contributed by atoms with van der Waals surface area (Å²) in [4.78, 5) is 12.9. The van der Waals surface area contributed by atoms with Crippen molar-refractivity contribution >= 4 is 11.7 Å². The molecule has 0 radical (unpaired) electrons. The third kappa shape index (κ3) is 5.61. The Morgan fingerprint density at radius 1 is 1.19 bits per heavy atom. The van der Waals surface area contributed by atoms with Crippen LogP contribution >= 0.6 is 0 Å². The van der Waals surface area contributed by atoms with Crippen LogP contribution in [0.3, 0.4) is 0 Å². The molecule has 1 aromatic rings. The quantitative estimate of drug-likeness (QED) is 0.717. The molecule has 4 nitrogen and oxygen atoms in total. The van der Waals surface area contributed by atoms with Gasteiger partial charge in [-0.15, -0.1) is 0 Å². The summed E-state index contributed by atoms with van der Waals surface area (Å²) in [5.74, 6) is -0.166. The number of anilines is 1. The van der Waals surface area contributed by atoms with Gasteiger partial charge in [-0.3, -0.25) is 4.79 Å². The Morgan fingerprint density at radius 3 is 2.26 bits per heavy atom. The highest BCUT2D eigenvalue weighted by molar-refractivity contribution is 5.67. The molecule has 0 atom stereocenters. The Balaban J connectivity index is 2.13. The van der Waals surface area contributed by atoms with E-state index >= 15 is 0 Å². The van der Waals surface area contributed by atoms with Gasteiger partial charge >= 0.3 is 12.1 Å². The molecule has 2 N–H and O–H groups in total. The first-order valence-corrected chi connectivity index (χ1v) is 9.44. The van der Waals surface area contributed by atoms with Gasteiger partial charge in [-0.05, 0) is 69.1 Å². The monoisotopic (exact) mass is 387 g/mol. The van der Waals surface area contributed by atoms with Gasteiger partial charge in [0.1, 0.15) is 0 Å². The average molecular weight is 387 g/mol. The van der Waals surface area contributed by atoms with Crippen LogP contribution in [0, 0.1) is 18.8 Å². The molecule has 0 unspecified atom stereocenters. The van der Waals surface area contributed by atoms with Crippen molar-refractivity contribution in [3.8, 4) is 0 Å². The number of aliphatic hydroxyl groups is 1. The predicted molar refractivity (Wildman–Crippen MR) is 97.7 cm³/mol. The molecule has 0 bridgehead atoms. The molecule has 152 valence electrons. The summed E-state index contributed by atoms with van der Waals surface area (Å²) in [5, 5.41) is 18.5. The Hall–Kier alpha value is -1.76. The highest BCUT2D eigenvalue weighted by Gasteiger charge is 2.33. The number of aryl methyl sites for hydroxylation is 1. The molecule has 0 aromatic heterocycles. The van der Waals surface area contributed by atoms with Crippen LogP contribution in [0.2, 0.25) is 0 Å². The maximum atomic E-state index is 13.1. The molecule has 27 heavy (non-hydrogen) atoms. The largest absolute Gasteiger partial charge is 0.481 e. The average Bonchev–Trinajstić information content (AvgIpc) is 2.59. The maximum Gasteiger partial charge on any atom is 0.416 e. The molecular formula is C20H28F3NO3. The summed E-state index contributed by atoms with van der Waals surface area (Å²) in [6.45, 7) is 4.28. The zero-order valence-electron chi connectivity index (χ0n) is 15.9. The molecule has 0 spiro atoms. The number of benzene rings is 1. The number of carbonyl (C=O) groups is 1. The van der Waals surface area contributed by atoms with Crippen molar-refractivity contribution in [2.45, 2.75) is 58.7 Å². The number of halogens is 3. The van der Waals surface area contributed by atoms with Gasteiger partial charge in [0.15, 0.2) is 0 Å². The standard InChI is InChI=1S/C20H28F3NO3/c1-3-24(11-15-6-4-14(5-7-15)9-19(26)27)18-8-13(2)17(20(21,22)23)10-16(18)12-25/h8,10,14-15,25H,3-7,9,11-12H2,1-2H3,(H,26,27). The van der Waals surface area contributed by atoms with Crippen LogP contribution in [-0.4, -0.2) is 29.3 Å². The predicted octanol–water partition coefficient (Wildman–Crippen LogP) is 4.61. The molecule has 1 saturated carbocycles. The van der Waals surface area contributed by atoms with Gasteiger partial charge in [-0.25, -0.2) is 0 Å². The molecular weight excluding hydrogens is 359 g/mol. The Morgan fingerprint density at radius 2 is 1.78 bits per heavy atom. The summed E-state index contributed by atoms with van der Waals surface area (Å²) in [6.07, 6.45) is -0.658. The van der Waals surface area contributed by atoms with E-state index in [1.165, 1.54) is 13.0 Å². The van der Waals surface area contributed by atoms with E-state index in [4.69, 9.17) is 5.11 Å². The van der Waals surface area contributed by atoms with Crippen LogP contribution in [0.15, 0.2) is 12.1 Å².